The highest BCUT2D eigenvalue weighted by Gasteiger charge is 2.21. The van der Waals surface area contributed by atoms with Crippen LogP contribution in [-0.4, -0.2) is 14.3 Å². The molecule has 5 nitrogen and oxygen atoms in total. The van der Waals surface area contributed by atoms with Crippen LogP contribution in [-0.2, 0) is 22.9 Å². The number of carbonyl (C=O) groups excluding carboxylic acids is 1. The molecule has 24 heavy (non-hydrogen) atoms. The Labute approximate surface area is 145 Å². The second kappa shape index (κ2) is 6.66. The molecule has 1 aromatic carbocycles. The van der Waals surface area contributed by atoms with Crippen LogP contribution in [0.5, 0.6) is 0 Å². The zero-order chi connectivity index (χ0) is 17.3. The van der Waals surface area contributed by atoms with E-state index in [0.717, 1.165) is 24.8 Å². The van der Waals surface area contributed by atoms with Gasteiger partial charge < -0.3 is 5.32 Å². The van der Waals surface area contributed by atoms with Crippen molar-refractivity contribution in [1.29, 1.82) is 0 Å². The summed E-state index contributed by atoms with van der Waals surface area (Å²) in [4.78, 5) is 14.0. The zero-order valence-corrected chi connectivity index (χ0v) is 15.0. The smallest absolute Gasteiger partial charge is 0.252 e. The summed E-state index contributed by atoms with van der Waals surface area (Å²) in [7, 11) is -3.75. The second-order valence-electron chi connectivity index (χ2n) is 6.07. The zero-order valence-electron chi connectivity index (χ0n) is 13.4. The van der Waals surface area contributed by atoms with Crippen LogP contribution in [0.1, 0.15) is 52.2 Å². The van der Waals surface area contributed by atoms with Gasteiger partial charge in [-0.25, -0.2) is 13.6 Å². The third-order valence-corrected chi connectivity index (χ3v) is 6.34. The Morgan fingerprint density at radius 2 is 2.04 bits per heavy atom. The van der Waals surface area contributed by atoms with Crippen LogP contribution in [0.2, 0.25) is 0 Å². The van der Waals surface area contributed by atoms with Gasteiger partial charge in [-0.2, -0.15) is 0 Å². The minimum absolute atomic E-state index is 0.0500. The molecule has 1 heterocycles. The molecule has 0 radical (unpaired) electrons. The van der Waals surface area contributed by atoms with E-state index in [-0.39, 0.29) is 16.8 Å². The fourth-order valence-electron chi connectivity index (χ4n) is 3.00. The molecule has 1 aliphatic rings. The van der Waals surface area contributed by atoms with Gasteiger partial charge in [-0.1, -0.05) is 12.1 Å². The number of hydrogen-bond acceptors (Lipinski definition) is 4. The Kier molecular flexibility index (Phi) is 4.76. The molecule has 1 aromatic heterocycles. The van der Waals surface area contributed by atoms with Crippen molar-refractivity contribution in [3.63, 3.8) is 0 Å². The monoisotopic (exact) mass is 364 g/mol. The topological polar surface area (TPSA) is 89.3 Å². The van der Waals surface area contributed by atoms with E-state index in [4.69, 9.17) is 5.14 Å². The number of rotatable bonds is 4. The highest BCUT2D eigenvalue weighted by atomic mass is 32.2. The lowest BCUT2D eigenvalue weighted by atomic mass is 9.95. The predicted molar refractivity (Wildman–Crippen MR) is 94.7 cm³/mol. The van der Waals surface area contributed by atoms with Crippen molar-refractivity contribution in [3.8, 4) is 0 Å². The Balaban J connectivity index is 1.79. The summed E-state index contributed by atoms with van der Waals surface area (Å²) in [6.07, 6.45) is 4.32. The largest absolute Gasteiger partial charge is 0.345 e. The van der Waals surface area contributed by atoms with E-state index in [9.17, 15) is 13.2 Å². The summed E-state index contributed by atoms with van der Waals surface area (Å²) in [6, 6.07) is 6.05. The maximum Gasteiger partial charge on any atom is 0.252 e. The second-order valence-corrected chi connectivity index (χ2v) is 8.60. The third-order valence-electron chi connectivity index (χ3n) is 4.34. The molecule has 0 saturated carbocycles. The first-order valence-corrected chi connectivity index (χ1v) is 10.3. The molecule has 7 heteroatoms. The molecular weight excluding hydrogens is 344 g/mol. The number of thiophene rings is 1. The summed E-state index contributed by atoms with van der Waals surface area (Å²) in [5.74, 6) is -0.108. The number of aryl methyl sites for hydroxylation is 1. The highest BCUT2D eigenvalue weighted by Crippen LogP contribution is 2.30. The molecule has 0 aliphatic heterocycles. The molecular formula is C17H20N2O3S2. The van der Waals surface area contributed by atoms with Crippen LogP contribution in [0.25, 0.3) is 0 Å². The lowest BCUT2D eigenvalue weighted by Gasteiger charge is -2.17. The number of fused-ring (bicyclic) bond motifs is 1. The van der Waals surface area contributed by atoms with Gasteiger partial charge in [0.2, 0.25) is 10.0 Å². The minimum Gasteiger partial charge on any atom is -0.345 e. The van der Waals surface area contributed by atoms with Crippen LogP contribution in [0.3, 0.4) is 0 Å². The van der Waals surface area contributed by atoms with Crippen molar-refractivity contribution in [3.05, 3.63) is 51.2 Å². The number of nitrogens with one attached hydrogen (secondary N) is 1. The van der Waals surface area contributed by atoms with E-state index < -0.39 is 10.0 Å². The molecule has 0 fully saturated rings. The van der Waals surface area contributed by atoms with E-state index in [1.807, 2.05) is 12.3 Å². The van der Waals surface area contributed by atoms with Crippen molar-refractivity contribution in [2.24, 2.45) is 5.14 Å². The number of hydrogen-bond donors (Lipinski definition) is 2. The first-order chi connectivity index (χ1) is 11.4. The number of sulfonamides is 1. The van der Waals surface area contributed by atoms with Gasteiger partial charge in [0.25, 0.3) is 5.91 Å². The van der Waals surface area contributed by atoms with E-state index in [2.05, 4.69) is 5.32 Å². The summed E-state index contributed by atoms with van der Waals surface area (Å²) in [6.45, 7) is 1.83. The van der Waals surface area contributed by atoms with E-state index in [1.54, 1.807) is 23.5 Å². The maximum absolute atomic E-state index is 12.6. The van der Waals surface area contributed by atoms with E-state index in [0.29, 0.717) is 5.56 Å². The van der Waals surface area contributed by atoms with Crippen LogP contribution < -0.4 is 10.5 Å². The van der Waals surface area contributed by atoms with Gasteiger partial charge in [-0.05, 0) is 55.9 Å². The molecule has 128 valence electrons. The SMILES string of the molecule is CC(NC(=O)c1csc2c1CCCC2)c1cccc(S(N)(=O)=O)c1. The normalized spacial score (nSPS) is 15.6. The van der Waals surface area contributed by atoms with Crippen molar-refractivity contribution < 1.29 is 13.2 Å². The van der Waals surface area contributed by atoms with Crippen molar-refractivity contribution in [2.75, 3.05) is 0 Å². The van der Waals surface area contributed by atoms with Crippen LogP contribution >= 0.6 is 11.3 Å². The standard InChI is InChI=1S/C17H20N2O3S2/c1-11(12-5-4-6-13(9-12)24(18,21)22)19-17(20)15-10-23-16-8-3-2-7-14(15)16/h4-6,9-11H,2-3,7-8H2,1H3,(H,19,20)(H2,18,21,22). The number of nitrogens with two attached hydrogens (primary N) is 1. The molecule has 0 bridgehead atoms. The van der Waals surface area contributed by atoms with Gasteiger partial charge in [0.05, 0.1) is 16.5 Å². The van der Waals surface area contributed by atoms with Gasteiger partial charge in [0.1, 0.15) is 0 Å². The van der Waals surface area contributed by atoms with Crippen LogP contribution in [0.15, 0.2) is 34.5 Å². The average Bonchev–Trinajstić information content (AvgIpc) is 2.98. The number of amides is 1. The fraction of sp³-hybridized carbons (Fsp3) is 0.353. The van der Waals surface area contributed by atoms with Gasteiger partial charge in [0.15, 0.2) is 0 Å². The fourth-order valence-corrected chi connectivity index (χ4v) is 4.70. The van der Waals surface area contributed by atoms with Gasteiger partial charge >= 0.3 is 0 Å². The highest BCUT2D eigenvalue weighted by molar-refractivity contribution is 7.89. The Bertz CT molecular complexity index is 872. The minimum atomic E-state index is -3.75. The van der Waals surface area contributed by atoms with E-state index >= 15 is 0 Å². The summed E-state index contributed by atoms with van der Waals surface area (Å²) in [5.41, 5.74) is 2.64. The van der Waals surface area contributed by atoms with Crippen molar-refractivity contribution in [1.82, 2.24) is 5.32 Å². The summed E-state index contributed by atoms with van der Waals surface area (Å²) in [5, 5.41) is 10.1. The Hall–Kier alpha value is -1.70. The lowest BCUT2D eigenvalue weighted by Crippen LogP contribution is -2.27. The van der Waals surface area contributed by atoms with Crippen molar-refractivity contribution >= 4 is 27.3 Å². The molecule has 1 amide bonds. The quantitative estimate of drug-likeness (QED) is 0.874. The molecule has 1 aliphatic carbocycles. The van der Waals surface area contributed by atoms with E-state index in [1.165, 1.54) is 29.0 Å². The molecule has 3 N–H and O–H groups in total. The molecule has 2 aromatic rings. The Morgan fingerprint density at radius 3 is 2.79 bits per heavy atom. The number of primary sulfonamides is 1. The lowest BCUT2D eigenvalue weighted by molar-refractivity contribution is 0.0939. The van der Waals surface area contributed by atoms with Crippen LogP contribution in [0.4, 0.5) is 0 Å². The summed E-state index contributed by atoms with van der Waals surface area (Å²) < 4.78 is 22.9. The van der Waals surface area contributed by atoms with Crippen LogP contribution in [0, 0.1) is 0 Å². The first-order valence-electron chi connectivity index (χ1n) is 7.89. The molecule has 1 unspecified atom stereocenters. The first kappa shape index (κ1) is 17.1. The number of carbonyl (C=O) groups is 1. The number of benzene rings is 1. The van der Waals surface area contributed by atoms with Gasteiger partial charge in [-0.15, -0.1) is 11.3 Å². The predicted octanol–water partition coefficient (Wildman–Crippen LogP) is 2.77. The molecule has 3 rings (SSSR count). The molecule has 0 spiro atoms. The molecule has 0 saturated heterocycles. The Morgan fingerprint density at radius 1 is 1.29 bits per heavy atom. The molecule has 1 atom stereocenters. The van der Waals surface area contributed by atoms with Crippen molar-refractivity contribution in [2.45, 2.75) is 43.5 Å². The van der Waals surface area contributed by atoms with Gasteiger partial charge in [0, 0.05) is 10.3 Å². The average molecular weight is 364 g/mol. The third kappa shape index (κ3) is 3.53. The van der Waals surface area contributed by atoms with Gasteiger partial charge in [-0.3, -0.25) is 4.79 Å². The summed E-state index contributed by atoms with van der Waals surface area (Å²) >= 11 is 1.65. The maximum atomic E-state index is 12.6.